The number of carbonyl (C=O) groups is 2. The number of halogens is 2. The highest BCUT2D eigenvalue weighted by Gasteiger charge is 2.32. The molecule has 0 bridgehead atoms. The van der Waals surface area contributed by atoms with Gasteiger partial charge in [0.05, 0.1) is 10.6 Å². The number of carbonyl (C=O) groups excluding carboxylic acids is 2. The summed E-state index contributed by atoms with van der Waals surface area (Å²) in [5.41, 5.74) is 0.805. The number of rotatable bonds is 14. The van der Waals surface area contributed by atoms with Gasteiger partial charge in [0.15, 0.2) is 0 Å². The zero-order chi connectivity index (χ0) is 32.4. The molecule has 0 aromatic heterocycles. The van der Waals surface area contributed by atoms with Crippen LogP contribution in [0.5, 0.6) is 11.5 Å². The van der Waals surface area contributed by atoms with Crippen molar-refractivity contribution in [1.82, 2.24) is 10.2 Å². The quantitative estimate of drug-likeness (QED) is 0.142. The Bertz CT molecular complexity index is 1690. The zero-order valence-electron chi connectivity index (χ0n) is 25.0. The van der Waals surface area contributed by atoms with E-state index in [1.54, 1.807) is 79.7 Å². The van der Waals surface area contributed by atoms with Gasteiger partial charge in [0.25, 0.3) is 10.0 Å². The molecule has 0 saturated heterocycles. The van der Waals surface area contributed by atoms with Crippen molar-refractivity contribution in [3.8, 4) is 11.5 Å². The van der Waals surface area contributed by atoms with Crippen molar-refractivity contribution in [1.29, 1.82) is 0 Å². The average molecular weight is 669 g/mol. The molecule has 0 aliphatic rings. The van der Waals surface area contributed by atoms with E-state index in [2.05, 4.69) is 5.32 Å². The Labute approximate surface area is 274 Å². The molecule has 4 rings (SSSR count). The van der Waals surface area contributed by atoms with Crippen LogP contribution in [0.2, 0.25) is 10.0 Å². The Hall–Kier alpha value is -4.05. The summed E-state index contributed by atoms with van der Waals surface area (Å²) in [4.78, 5) is 28.6. The Morgan fingerprint density at radius 3 is 2.11 bits per heavy atom. The third kappa shape index (κ3) is 9.00. The number of hydrogen-bond acceptors (Lipinski definition) is 5. The van der Waals surface area contributed by atoms with Gasteiger partial charge in [0.2, 0.25) is 11.8 Å². The SMILES string of the molecule is CCCCNC(=O)[C@H](C)N(Cc1ccc(Cl)cc1Cl)C(=O)CN(c1ccc(Oc2ccccc2)cc1)S(=O)(=O)c1ccccc1. The summed E-state index contributed by atoms with van der Waals surface area (Å²) >= 11 is 12.5. The van der Waals surface area contributed by atoms with Crippen LogP contribution in [-0.4, -0.2) is 44.3 Å². The van der Waals surface area contributed by atoms with E-state index in [9.17, 15) is 18.0 Å². The number of benzene rings is 4. The minimum atomic E-state index is -4.20. The van der Waals surface area contributed by atoms with E-state index in [1.807, 2.05) is 25.1 Å². The third-order valence-corrected chi connectivity index (χ3v) is 9.44. The van der Waals surface area contributed by atoms with E-state index in [4.69, 9.17) is 27.9 Å². The standard InChI is InChI=1S/C34H35Cl2N3O5S/c1-3-4-21-37-34(41)25(2)38(23-26-15-16-27(35)22-32(26)36)33(40)24-39(45(42,43)31-13-9-6-10-14-31)28-17-19-30(20-18-28)44-29-11-7-5-8-12-29/h5-20,22,25H,3-4,21,23-24H2,1-2H3,(H,37,41)/t25-/m0/s1. The maximum atomic E-state index is 14.1. The summed E-state index contributed by atoms with van der Waals surface area (Å²) in [6.07, 6.45) is 1.67. The van der Waals surface area contributed by atoms with Gasteiger partial charge in [-0.1, -0.05) is 79.0 Å². The molecule has 4 aromatic rings. The van der Waals surface area contributed by atoms with Gasteiger partial charge in [-0.15, -0.1) is 0 Å². The van der Waals surface area contributed by atoms with E-state index in [0.29, 0.717) is 33.7 Å². The molecule has 0 spiro atoms. The molecule has 2 amide bonds. The average Bonchev–Trinajstić information content (AvgIpc) is 3.04. The molecule has 236 valence electrons. The Morgan fingerprint density at radius 2 is 1.49 bits per heavy atom. The van der Waals surface area contributed by atoms with E-state index in [1.165, 1.54) is 17.0 Å². The highest BCUT2D eigenvalue weighted by Crippen LogP contribution is 2.29. The lowest BCUT2D eigenvalue weighted by Gasteiger charge is -2.32. The number of para-hydroxylation sites is 1. The molecule has 0 aliphatic heterocycles. The van der Waals surface area contributed by atoms with Crippen molar-refractivity contribution in [2.75, 3.05) is 17.4 Å². The Kier molecular flexibility index (Phi) is 11.9. The smallest absolute Gasteiger partial charge is 0.264 e. The minimum absolute atomic E-state index is 0.0139. The van der Waals surface area contributed by atoms with Crippen molar-refractivity contribution in [3.05, 3.63) is 119 Å². The monoisotopic (exact) mass is 667 g/mol. The number of nitrogens with zero attached hydrogens (tertiary/aromatic N) is 2. The Morgan fingerprint density at radius 1 is 0.867 bits per heavy atom. The van der Waals surface area contributed by atoms with Gasteiger partial charge in [-0.2, -0.15) is 0 Å². The van der Waals surface area contributed by atoms with Crippen LogP contribution in [0.1, 0.15) is 32.3 Å². The summed E-state index contributed by atoms with van der Waals surface area (Å²) in [6, 6.07) is 27.4. The van der Waals surface area contributed by atoms with Crippen molar-refractivity contribution in [2.45, 2.75) is 44.2 Å². The van der Waals surface area contributed by atoms with E-state index in [0.717, 1.165) is 17.1 Å². The normalized spacial score (nSPS) is 11.8. The van der Waals surface area contributed by atoms with E-state index < -0.39 is 28.5 Å². The first-order valence-corrected chi connectivity index (χ1v) is 16.7. The van der Waals surface area contributed by atoms with Crippen molar-refractivity contribution in [3.63, 3.8) is 0 Å². The number of amides is 2. The van der Waals surface area contributed by atoms with Crippen LogP contribution in [0.25, 0.3) is 0 Å². The lowest BCUT2D eigenvalue weighted by Crippen LogP contribution is -2.51. The van der Waals surface area contributed by atoms with Crippen LogP contribution in [0, 0.1) is 0 Å². The van der Waals surface area contributed by atoms with E-state index >= 15 is 0 Å². The summed E-state index contributed by atoms with van der Waals surface area (Å²) in [5.74, 6) is 0.159. The first kappa shape index (κ1) is 33.8. The van der Waals surface area contributed by atoms with Gasteiger partial charge < -0.3 is 15.0 Å². The van der Waals surface area contributed by atoms with Crippen LogP contribution in [0.15, 0.2) is 108 Å². The fraction of sp³-hybridized carbons (Fsp3) is 0.235. The highest BCUT2D eigenvalue weighted by molar-refractivity contribution is 7.92. The Balaban J connectivity index is 1.69. The molecule has 0 heterocycles. The number of nitrogens with one attached hydrogen (secondary N) is 1. The van der Waals surface area contributed by atoms with Crippen LogP contribution >= 0.6 is 23.2 Å². The molecule has 0 aliphatic carbocycles. The van der Waals surface area contributed by atoms with Crippen LogP contribution < -0.4 is 14.4 Å². The molecule has 45 heavy (non-hydrogen) atoms. The number of unbranched alkanes of at least 4 members (excludes halogenated alkanes) is 1. The number of sulfonamides is 1. The van der Waals surface area contributed by atoms with Gasteiger partial charge in [0.1, 0.15) is 24.1 Å². The topological polar surface area (TPSA) is 96.0 Å². The first-order chi connectivity index (χ1) is 21.6. The fourth-order valence-corrected chi connectivity index (χ4v) is 6.41. The fourth-order valence-electron chi connectivity index (χ4n) is 4.51. The van der Waals surface area contributed by atoms with Crippen LogP contribution in [0.4, 0.5) is 5.69 Å². The molecule has 1 N–H and O–H groups in total. The molecular formula is C34H35Cl2N3O5S. The summed E-state index contributed by atoms with van der Waals surface area (Å²) in [5, 5.41) is 3.61. The predicted molar refractivity (Wildman–Crippen MR) is 178 cm³/mol. The molecule has 0 fully saturated rings. The van der Waals surface area contributed by atoms with Gasteiger partial charge in [0, 0.05) is 23.1 Å². The summed E-state index contributed by atoms with van der Waals surface area (Å²) in [7, 11) is -4.20. The van der Waals surface area contributed by atoms with Gasteiger partial charge in [-0.05, 0) is 79.6 Å². The second kappa shape index (κ2) is 15.8. The zero-order valence-corrected chi connectivity index (χ0v) is 27.4. The molecule has 0 saturated carbocycles. The highest BCUT2D eigenvalue weighted by atomic mass is 35.5. The van der Waals surface area contributed by atoms with E-state index in [-0.39, 0.29) is 23.0 Å². The maximum Gasteiger partial charge on any atom is 0.264 e. The second-order valence-corrected chi connectivity index (χ2v) is 13.0. The molecule has 11 heteroatoms. The second-order valence-electron chi connectivity index (χ2n) is 10.3. The summed E-state index contributed by atoms with van der Waals surface area (Å²) in [6.45, 7) is 3.45. The van der Waals surface area contributed by atoms with Crippen molar-refractivity contribution < 1.29 is 22.7 Å². The first-order valence-electron chi connectivity index (χ1n) is 14.5. The largest absolute Gasteiger partial charge is 0.457 e. The predicted octanol–water partition coefficient (Wildman–Crippen LogP) is 7.31. The number of hydrogen-bond donors (Lipinski definition) is 1. The summed E-state index contributed by atoms with van der Waals surface area (Å²) < 4.78 is 34.9. The molecular weight excluding hydrogens is 633 g/mol. The van der Waals surface area contributed by atoms with Crippen LogP contribution in [-0.2, 0) is 26.2 Å². The third-order valence-electron chi connectivity index (χ3n) is 7.07. The molecule has 1 atom stereocenters. The minimum Gasteiger partial charge on any atom is -0.457 e. The lowest BCUT2D eigenvalue weighted by molar-refractivity contribution is -0.139. The molecule has 8 nitrogen and oxygen atoms in total. The van der Waals surface area contributed by atoms with Crippen molar-refractivity contribution in [2.24, 2.45) is 0 Å². The lowest BCUT2D eigenvalue weighted by atomic mass is 10.1. The van der Waals surface area contributed by atoms with Crippen molar-refractivity contribution >= 4 is 50.7 Å². The molecule has 0 unspecified atom stereocenters. The number of anilines is 1. The van der Waals surface area contributed by atoms with Gasteiger partial charge in [-0.3, -0.25) is 13.9 Å². The van der Waals surface area contributed by atoms with Gasteiger partial charge in [-0.25, -0.2) is 8.42 Å². The molecule has 0 radical (unpaired) electrons. The van der Waals surface area contributed by atoms with Gasteiger partial charge >= 0.3 is 0 Å². The maximum absolute atomic E-state index is 14.1. The molecule has 4 aromatic carbocycles. The van der Waals surface area contributed by atoms with Crippen LogP contribution in [0.3, 0.4) is 0 Å². The number of ether oxygens (including phenoxy) is 1.